The number of hydrogen-bond acceptors (Lipinski definition) is 4. The van der Waals surface area contributed by atoms with Crippen LogP contribution in [0.15, 0.2) is 47.6 Å². The van der Waals surface area contributed by atoms with E-state index in [-0.39, 0.29) is 11.9 Å². The molecule has 0 saturated carbocycles. The third-order valence-electron chi connectivity index (χ3n) is 5.94. The van der Waals surface area contributed by atoms with Gasteiger partial charge >= 0.3 is 0 Å². The molecule has 1 saturated heterocycles. The van der Waals surface area contributed by atoms with Gasteiger partial charge in [0, 0.05) is 58.6 Å². The molecule has 0 amide bonds. The van der Waals surface area contributed by atoms with Crippen LogP contribution in [-0.2, 0) is 13.0 Å². The Kier molecular flexibility index (Phi) is 6.79. The van der Waals surface area contributed by atoms with E-state index in [2.05, 4.69) is 49.8 Å². The summed E-state index contributed by atoms with van der Waals surface area (Å²) in [6.07, 6.45) is 4.78. The minimum atomic E-state index is -0.263. The van der Waals surface area contributed by atoms with E-state index in [1.165, 1.54) is 17.2 Å². The van der Waals surface area contributed by atoms with Crippen molar-refractivity contribution in [2.24, 2.45) is 4.99 Å². The van der Waals surface area contributed by atoms with Gasteiger partial charge < -0.3 is 15.5 Å². The van der Waals surface area contributed by atoms with Crippen molar-refractivity contribution in [3.63, 3.8) is 0 Å². The van der Waals surface area contributed by atoms with Crippen LogP contribution in [0, 0.1) is 5.82 Å². The van der Waals surface area contributed by atoms with Gasteiger partial charge in [-0.05, 0) is 42.5 Å². The Morgan fingerprint density at radius 3 is 2.90 bits per heavy atom. The highest BCUT2D eigenvalue weighted by Crippen LogP contribution is 2.21. The fraction of sp³-hybridized carbons (Fsp3) is 0.478. The number of benzene rings is 1. The van der Waals surface area contributed by atoms with Gasteiger partial charge in [-0.1, -0.05) is 24.3 Å². The molecule has 4 rings (SSSR count). The molecule has 2 aromatic rings. The molecule has 6 nitrogen and oxygen atoms in total. The first-order chi connectivity index (χ1) is 14.7. The lowest BCUT2D eigenvalue weighted by molar-refractivity contribution is 0.251. The Hall–Kier alpha value is -2.67. The second-order valence-corrected chi connectivity index (χ2v) is 8.03. The first-order valence-electron chi connectivity index (χ1n) is 10.8. The average molecular weight is 411 g/mol. The number of pyridine rings is 1. The standard InChI is InChI=1S/C23H31FN6/c1-25-23(28-20-10-15-30(17-20)22-21(24)8-4-11-26-22)27-12-5-13-29-14-9-18-6-2-3-7-19(18)16-29/h2-4,6-8,11,20H,5,9-10,12-17H2,1H3,(H2,25,27,28). The molecule has 1 aromatic heterocycles. The molecule has 7 heteroatoms. The summed E-state index contributed by atoms with van der Waals surface area (Å²) >= 11 is 0. The van der Waals surface area contributed by atoms with Gasteiger partial charge in [-0.15, -0.1) is 0 Å². The lowest BCUT2D eigenvalue weighted by Crippen LogP contribution is -2.45. The van der Waals surface area contributed by atoms with Crippen molar-refractivity contribution >= 4 is 11.8 Å². The Balaban J connectivity index is 1.18. The van der Waals surface area contributed by atoms with E-state index >= 15 is 0 Å². The van der Waals surface area contributed by atoms with Gasteiger partial charge in [-0.3, -0.25) is 9.89 Å². The lowest BCUT2D eigenvalue weighted by Gasteiger charge is -2.28. The van der Waals surface area contributed by atoms with Crippen molar-refractivity contribution in [1.29, 1.82) is 0 Å². The van der Waals surface area contributed by atoms with Gasteiger partial charge in [0.05, 0.1) is 0 Å². The Morgan fingerprint density at radius 2 is 2.07 bits per heavy atom. The number of nitrogens with one attached hydrogen (secondary N) is 2. The number of guanidine groups is 1. The molecule has 1 fully saturated rings. The van der Waals surface area contributed by atoms with Gasteiger partial charge in [0.15, 0.2) is 17.6 Å². The third kappa shape index (κ3) is 5.08. The van der Waals surface area contributed by atoms with Gasteiger partial charge in [0.1, 0.15) is 0 Å². The molecule has 0 bridgehead atoms. The Morgan fingerprint density at radius 1 is 1.20 bits per heavy atom. The molecular formula is C23H31FN6. The summed E-state index contributed by atoms with van der Waals surface area (Å²) in [6, 6.07) is 12.1. The average Bonchev–Trinajstić information content (AvgIpc) is 3.24. The maximum Gasteiger partial charge on any atom is 0.191 e. The number of rotatable bonds is 6. The zero-order chi connectivity index (χ0) is 20.8. The fourth-order valence-electron chi connectivity index (χ4n) is 4.32. The lowest BCUT2D eigenvalue weighted by atomic mass is 10.00. The monoisotopic (exact) mass is 410 g/mol. The molecule has 0 spiro atoms. The third-order valence-corrected chi connectivity index (χ3v) is 5.94. The zero-order valence-electron chi connectivity index (χ0n) is 17.6. The summed E-state index contributed by atoms with van der Waals surface area (Å²) in [6.45, 7) is 5.65. The van der Waals surface area contributed by atoms with Crippen LogP contribution in [0.5, 0.6) is 0 Å². The molecular weight excluding hydrogens is 379 g/mol. The maximum absolute atomic E-state index is 14.0. The van der Waals surface area contributed by atoms with Crippen molar-refractivity contribution in [3.8, 4) is 0 Å². The summed E-state index contributed by atoms with van der Waals surface area (Å²) in [5.74, 6) is 0.987. The van der Waals surface area contributed by atoms with E-state index in [1.54, 1.807) is 19.3 Å². The maximum atomic E-state index is 14.0. The summed E-state index contributed by atoms with van der Waals surface area (Å²) in [5.41, 5.74) is 2.96. The zero-order valence-corrected chi connectivity index (χ0v) is 17.6. The second kappa shape index (κ2) is 9.89. The number of aromatic nitrogens is 1. The van der Waals surface area contributed by atoms with Crippen molar-refractivity contribution in [3.05, 3.63) is 59.5 Å². The normalized spacial score (nSPS) is 19.6. The highest BCUT2D eigenvalue weighted by Gasteiger charge is 2.26. The predicted molar refractivity (Wildman–Crippen MR) is 119 cm³/mol. The molecule has 30 heavy (non-hydrogen) atoms. The molecule has 2 aliphatic rings. The van der Waals surface area contributed by atoms with Crippen molar-refractivity contribution < 1.29 is 4.39 Å². The molecule has 0 aliphatic carbocycles. The number of anilines is 1. The fourth-order valence-corrected chi connectivity index (χ4v) is 4.32. The molecule has 1 unspecified atom stereocenters. The molecule has 1 aromatic carbocycles. The van der Waals surface area contributed by atoms with Crippen LogP contribution in [0.25, 0.3) is 0 Å². The van der Waals surface area contributed by atoms with E-state index in [0.29, 0.717) is 5.82 Å². The van der Waals surface area contributed by atoms with E-state index in [1.807, 2.05) is 4.90 Å². The number of fused-ring (bicyclic) bond motifs is 1. The van der Waals surface area contributed by atoms with Gasteiger partial charge in [-0.25, -0.2) is 9.37 Å². The minimum Gasteiger partial charge on any atom is -0.356 e. The van der Waals surface area contributed by atoms with Crippen molar-refractivity contribution in [1.82, 2.24) is 20.5 Å². The molecule has 2 aliphatic heterocycles. The minimum absolute atomic E-state index is 0.233. The van der Waals surface area contributed by atoms with Crippen LogP contribution in [-0.4, -0.2) is 61.7 Å². The highest BCUT2D eigenvalue weighted by molar-refractivity contribution is 5.80. The van der Waals surface area contributed by atoms with E-state index < -0.39 is 0 Å². The molecule has 160 valence electrons. The highest BCUT2D eigenvalue weighted by atomic mass is 19.1. The predicted octanol–water partition coefficient (Wildman–Crippen LogP) is 2.41. The van der Waals surface area contributed by atoms with Crippen molar-refractivity contribution in [2.45, 2.75) is 31.8 Å². The summed E-state index contributed by atoms with van der Waals surface area (Å²) in [5, 5.41) is 6.89. The summed E-state index contributed by atoms with van der Waals surface area (Å²) in [4.78, 5) is 13.1. The van der Waals surface area contributed by atoms with Gasteiger partial charge in [-0.2, -0.15) is 0 Å². The Labute approximate surface area is 178 Å². The van der Waals surface area contributed by atoms with Crippen LogP contribution < -0.4 is 15.5 Å². The largest absolute Gasteiger partial charge is 0.356 e. The summed E-state index contributed by atoms with van der Waals surface area (Å²) < 4.78 is 14.0. The quantitative estimate of drug-likeness (QED) is 0.435. The van der Waals surface area contributed by atoms with E-state index in [4.69, 9.17) is 0 Å². The molecule has 0 radical (unpaired) electrons. The van der Waals surface area contributed by atoms with Crippen LogP contribution in [0.2, 0.25) is 0 Å². The number of nitrogens with zero attached hydrogens (tertiary/aromatic N) is 4. The first kappa shape index (κ1) is 20.6. The SMILES string of the molecule is CN=C(NCCCN1CCc2ccccc2C1)NC1CCN(c2ncccc2F)C1. The smallest absolute Gasteiger partial charge is 0.191 e. The molecule has 3 heterocycles. The number of halogens is 1. The first-order valence-corrected chi connectivity index (χ1v) is 10.8. The topological polar surface area (TPSA) is 55.8 Å². The number of aliphatic imine (C=N–C) groups is 1. The van der Waals surface area contributed by atoms with E-state index in [0.717, 1.165) is 64.5 Å². The van der Waals surface area contributed by atoms with Crippen molar-refractivity contribution in [2.75, 3.05) is 44.7 Å². The number of hydrogen-bond donors (Lipinski definition) is 2. The van der Waals surface area contributed by atoms with Gasteiger partial charge in [0.25, 0.3) is 0 Å². The van der Waals surface area contributed by atoms with Crippen LogP contribution >= 0.6 is 0 Å². The molecule has 1 atom stereocenters. The Bertz CT molecular complexity index is 870. The molecule has 2 N–H and O–H groups in total. The van der Waals surface area contributed by atoms with Crippen LogP contribution in [0.1, 0.15) is 24.0 Å². The summed E-state index contributed by atoms with van der Waals surface area (Å²) in [7, 11) is 1.79. The van der Waals surface area contributed by atoms with Crippen LogP contribution in [0.3, 0.4) is 0 Å². The van der Waals surface area contributed by atoms with Crippen LogP contribution in [0.4, 0.5) is 10.2 Å². The van der Waals surface area contributed by atoms with E-state index in [9.17, 15) is 4.39 Å². The van der Waals surface area contributed by atoms with Gasteiger partial charge in [0.2, 0.25) is 0 Å². The second-order valence-electron chi connectivity index (χ2n) is 8.03.